The molecule has 1 atom stereocenters. The molecule has 4 nitrogen and oxygen atoms in total. The highest BCUT2D eigenvalue weighted by Crippen LogP contribution is 2.32. The first-order valence-corrected chi connectivity index (χ1v) is 10.3. The lowest BCUT2D eigenvalue weighted by Gasteiger charge is -2.15. The highest BCUT2D eigenvalue weighted by molar-refractivity contribution is 7.18. The predicted molar refractivity (Wildman–Crippen MR) is 114 cm³/mol. The molecular formula is C22H18F4N4S. The minimum atomic E-state index is -4.59. The molecule has 0 aliphatic carbocycles. The van der Waals surface area contributed by atoms with Crippen LogP contribution in [-0.2, 0) is 6.18 Å². The predicted octanol–water partition coefficient (Wildman–Crippen LogP) is 6.02. The summed E-state index contributed by atoms with van der Waals surface area (Å²) >= 11 is 1.47. The second-order valence-electron chi connectivity index (χ2n) is 7.02. The molecule has 2 aromatic heterocycles. The third-order valence-corrected chi connectivity index (χ3v) is 5.89. The minimum Gasteiger partial charge on any atom is -0.361 e. The van der Waals surface area contributed by atoms with Gasteiger partial charge in [-0.3, -0.25) is 4.98 Å². The summed E-state index contributed by atoms with van der Waals surface area (Å²) < 4.78 is 52.1. The van der Waals surface area contributed by atoms with E-state index in [2.05, 4.69) is 21.4 Å². The van der Waals surface area contributed by atoms with Crippen molar-refractivity contribution < 1.29 is 17.6 Å². The van der Waals surface area contributed by atoms with E-state index in [0.29, 0.717) is 24.2 Å². The van der Waals surface area contributed by atoms with Gasteiger partial charge in [-0.15, -0.1) is 0 Å². The molecule has 4 aromatic rings. The van der Waals surface area contributed by atoms with Gasteiger partial charge in [0, 0.05) is 42.1 Å². The second kappa shape index (κ2) is 8.60. The number of hydrogen-bond acceptors (Lipinski definition) is 5. The van der Waals surface area contributed by atoms with Crippen LogP contribution in [-0.4, -0.2) is 16.5 Å². The van der Waals surface area contributed by atoms with Gasteiger partial charge < -0.3 is 11.1 Å². The molecule has 0 aliphatic rings. The van der Waals surface area contributed by atoms with Crippen LogP contribution >= 0.6 is 11.3 Å². The monoisotopic (exact) mass is 446 g/mol. The van der Waals surface area contributed by atoms with Crippen molar-refractivity contribution >= 4 is 27.2 Å². The van der Waals surface area contributed by atoms with Crippen molar-refractivity contribution in [2.45, 2.75) is 18.6 Å². The van der Waals surface area contributed by atoms with Crippen LogP contribution in [0.25, 0.3) is 21.2 Å². The van der Waals surface area contributed by atoms with Crippen LogP contribution in [0, 0.1) is 5.82 Å². The molecule has 0 spiro atoms. The Kier molecular flexibility index (Phi) is 5.88. The number of alkyl halides is 3. The van der Waals surface area contributed by atoms with Crippen LogP contribution in [0.4, 0.5) is 22.7 Å². The average molecular weight is 446 g/mol. The van der Waals surface area contributed by atoms with Crippen LogP contribution in [0.2, 0.25) is 0 Å². The van der Waals surface area contributed by atoms with E-state index in [1.54, 1.807) is 12.4 Å². The number of nitrogens with one attached hydrogen (secondary N) is 1. The van der Waals surface area contributed by atoms with Crippen LogP contribution < -0.4 is 11.1 Å². The summed E-state index contributed by atoms with van der Waals surface area (Å²) in [4.78, 5) is 9.45. The van der Waals surface area contributed by atoms with Gasteiger partial charge in [0.15, 0.2) is 5.13 Å². The van der Waals surface area contributed by atoms with Gasteiger partial charge in [0.25, 0.3) is 0 Å². The molecule has 0 fully saturated rings. The number of rotatable bonds is 6. The lowest BCUT2D eigenvalue weighted by molar-refractivity contribution is -0.137. The molecule has 0 saturated carbocycles. The highest BCUT2D eigenvalue weighted by Gasteiger charge is 2.31. The normalized spacial score (nSPS) is 12.8. The molecule has 31 heavy (non-hydrogen) atoms. The number of hydrogen-bond donors (Lipinski definition) is 2. The fraction of sp³-hybridized carbons (Fsp3) is 0.182. The van der Waals surface area contributed by atoms with Crippen molar-refractivity contribution in [2.75, 3.05) is 11.9 Å². The zero-order valence-electron chi connectivity index (χ0n) is 16.2. The van der Waals surface area contributed by atoms with Gasteiger partial charge in [0.05, 0.1) is 10.4 Å². The van der Waals surface area contributed by atoms with Crippen molar-refractivity contribution in [3.63, 3.8) is 0 Å². The SMILES string of the molecule is NC(CCNc1ncc(-c2ccc3cnccc3c2)s1)c1ccc(C(F)(F)F)cc1F. The number of anilines is 1. The van der Waals surface area contributed by atoms with Crippen molar-refractivity contribution in [3.8, 4) is 10.4 Å². The van der Waals surface area contributed by atoms with E-state index >= 15 is 0 Å². The first kappa shape index (κ1) is 21.2. The van der Waals surface area contributed by atoms with Crippen molar-refractivity contribution in [3.05, 3.63) is 78.0 Å². The highest BCUT2D eigenvalue weighted by atomic mass is 32.1. The van der Waals surface area contributed by atoms with Gasteiger partial charge in [0.2, 0.25) is 0 Å². The fourth-order valence-electron chi connectivity index (χ4n) is 3.22. The van der Waals surface area contributed by atoms with Crippen LogP contribution in [0.15, 0.2) is 61.1 Å². The smallest absolute Gasteiger partial charge is 0.361 e. The molecule has 3 N–H and O–H groups in total. The molecule has 0 radical (unpaired) electrons. The Morgan fingerprint density at radius 2 is 1.87 bits per heavy atom. The Labute approximate surface area is 179 Å². The fourth-order valence-corrected chi connectivity index (χ4v) is 4.06. The Balaban J connectivity index is 1.37. The van der Waals surface area contributed by atoms with Crippen molar-refractivity contribution in [1.82, 2.24) is 9.97 Å². The number of benzene rings is 2. The Bertz CT molecular complexity index is 1210. The van der Waals surface area contributed by atoms with E-state index in [-0.39, 0.29) is 5.56 Å². The second-order valence-corrected chi connectivity index (χ2v) is 8.05. The number of nitrogens with two attached hydrogens (primary N) is 1. The average Bonchev–Trinajstić information content (AvgIpc) is 3.21. The first-order valence-electron chi connectivity index (χ1n) is 9.47. The van der Waals surface area contributed by atoms with Gasteiger partial charge in [-0.05, 0) is 41.6 Å². The molecule has 0 bridgehead atoms. The molecular weight excluding hydrogens is 428 g/mol. The van der Waals surface area contributed by atoms with Gasteiger partial charge in [-0.25, -0.2) is 9.37 Å². The zero-order valence-corrected chi connectivity index (χ0v) is 17.0. The Morgan fingerprint density at radius 1 is 1.03 bits per heavy atom. The third-order valence-electron chi connectivity index (χ3n) is 4.89. The number of fused-ring (bicyclic) bond motifs is 1. The lowest BCUT2D eigenvalue weighted by atomic mass is 10.0. The molecule has 0 aliphatic heterocycles. The summed E-state index contributed by atoms with van der Waals surface area (Å²) in [6.45, 7) is 0.401. The number of aromatic nitrogens is 2. The number of nitrogens with zero attached hydrogens (tertiary/aromatic N) is 2. The molecule has 0 amide bonds. The van der Waals surface area contributed by atoms with E-state index in [1.807, 2.05) is 24.4 Å². The summed E-state index contributed by atoms with van der Waals surface area (Å²) in [6, 6.07) is 9.71. The molecule has 0 saturated heterocycles. The summed E-state index contributed by atoms with van der Waals surface area (Å²) in [6.07, 6.45) is 1.07. The Morgan fingerprint density at radius 3 is 2.65 bits per heavy atom. The number of pyridine rings is 1. The largest absolute Gasteiger partial charge is 0.416 e. The standard InChI is InChI=1S/C22H18F4N4S/c23-18-10-16(22(24,25)26)3-4-17(18)19(27)6-8-29-21-30-12-20(31-21)14-1-2-15-11-28-7-5-13(15)9-14/h1-5,7,9-12,19H,6,8,27H2,(H,29,30). The van der Waals surface area contributed by atoms with Crippen LogP contribution in [0.3, 0.4) is 0 Å². The number of halogens is 4. The Hall–Kier alpha value is -3.04. The van der Waals surface area contributed by atoms with Crippen molar-refractivity contribution in [1.29, 1.82) is 0 Å². The third kappa shape index (κ3) is 4.83. The number of thiazole rings is 1. The summed E-state index contributed by atoms with van der Waals surface area (Å²) in [7, 11) is 0. The molecule has 1 unspecified atom stereocenters. The van der Waals surface area contributed by atoms with E-state index in [4.69, 9.17) is 5.73 Å². The van der Waals surface area contributed by atoms with E-state index < -0.39 is 23.6 Å². The maximum atomic E-state index is 14.1. The first-order chi connectivity index (χ1) is 14.8. The summed E-state index contributed by atoms with van der Waals surface area (Å²) in [5.41, 5.74) is 6.05. The van der Waals surface area contributed by atoms with Gasteiger partial charge in [-0.1, -0.05) is 29.5 Å². The summed E-state index contributed by atoms with van der Waals surface area (Å²) in [5, 5.41) is 5.97. The van der Waals surface area contributed by atoms with Gasteiger partial charge in [0.1, 0.15) is 5.82 Å². The lowest BCUT2D eigenvalue weighted by Crippen LogP contribution is -2.17. The quantitative estimate of drug-likeness (QED) is 0.356. The van der Waals surface area contributed by atoms with E-state index in [0.717, 1.165) is 33.3 Å². The molecule has 4 rings (SSSR count). The summed E-state index contributed by atoms with van der Waals surface area (Å²) in [5.74, 6) is -0.953. The minimum absolute atomic E-state index is 0.0558. The van der Waals surface area contributed by atoms with E-state index in [9.17, 15) is 17.6 Å². The van der Waals surface area contributed by atoms with E-state index in [1.165, 1.54) is 11.3 Å². The van der Waals surface area contributed by atoms with Crippen molar-refractivity contribution in [2.24, 2.45) is 5.73 Å². The maximum Gasteiger partial charge on any atom is 0.416 e. The molecule has 2 heterocycles. The van der Waals surface area contributed by atoms with Crippen LogP contribution in [0.1, 0.15) is 23.6 Å². The van der Waals surface area contributed by atoms with Crippen LogP contribution in [0.5, 0.6) is 0 Å². The maximum absolute atomic E-state index is 14.1. The molecule has 160 valence electrons. The molecule has 9 heteroatoms. The molecule has 2 aromatic carbocycles. The van der Waals surface area contributed by atoms with Gasteiger partial charge in [-0.2, -0.15) is 13.2 Å². The van der Waals surface area contributed by atoms with Gasteiger partial charge >= 0.3 is 6.18 Å². The topological polar surface area (TPSA) is 63.8 Å². The zero-order chi connectivity index (χ0) is 22.0.